The third-order valence-corrected chi connectivity index (χ3v) is 3.69. The Hall–Kier alpha value is -1.95. The average Bonchev–Trinajstić information content (AvgIpc) is 2.65. The highest BCUT2D eigenvalue weighted by Crippen LogP contribution is 2.12. The van der Waals surface area contributed by atoms with Crippen molar-refractivity contribution in [1.82, 2.24) is 4.90 Å². The molecule has 2 amide bonds. The van der Waals surface area contributed by atoms with Gasteiger partial charge in [-0.2, -0.15) is 0 Å². The number of nitrogens with zero attached hydrogens (tertiary/aromatic N) is 1. The zero-order valence-electron chi connectivity index (χ0n) is 11.8. The van der Waals surface area contributed by atoms with Crippen molar-refractivity contribution in [3.05, 3.63) is 29.8 Å². The van der Waals surface area contributed by atoms with Crippen LogP contribution in [0.1, 0.15) is 31.2 Å². The topological polar surface area (TPSA) is 75.4 Å². The lowest BCUT2D eigenvalue weighted by Crippen LogP contribution is -2.37. The van der Waals surface area contributed by atoms with E-state index < -0.39 is 0 Å². The normalized spacial score (nSPS) is 15.4. The molecule has 0 aliphatic carbocycles. The zero-order chi connectivity index (χ0) is 15.2. The standard InChI is InChI=1S/C15H19N3O2S/c16-15(21)11-5-7-12(8-6-11)17-13(19)10-18-9-3-1-2-4-14(18)20/h5-8H,1-4,9-10H2,(H2,16,21)(H,17,19). The molecule has 0 spiro atoms. The van der Waals surface area contributed by atoms with Crippen LogP contribution in [0.3, 0.4) is 0 Å². The van der Waals surface area contributed by atoms with Crippen LogP contribution >= 0.6 is 12.2 Å². The van der Waals surface area contributed by atoms with E-state index in [0.717, 1.165) is 24.8 Å². The molecule has 1 aromatic rings. The van der Waals surface area contributed by atoms with Crippen LogP contribution in [0.25, 0.3) is 0 Å². The summed E-state index contributed by atoms with van der Waals surface area (Å²) in [4.78, 5) is 25.8. The Kier molecular flexibility index (Phi) is 5.27. The number of carbonyl (C=O) groups is 2. The summed E-state index contributed by atoms with van der Waals surface area (Å²) < 4.78 is 0. The Balaban J connectivity index is 1.91. The Morgan fingerprint density at radius 1 is 1.24 bits per heavy atom. The Morgan fingerprint density at radius 3 is 2.62 bits per heavy atom. The number of hydrogen-bond donors (Lipinski definition) is 2. The number of thiocarbonyl (C=S) groups is 1. The quantitative estimate of drug-likeness (QED) is 0.830. The van der Waals surface area contributed by atoms with E-state index in [1.165, 1.54) is 0 Å². The van der Waals surface area contributed by atoms with Gasteiger partial charge in [0.15, 0.2) is 0 Å². The molecule has 1 aliphatic heterocycles. The van der Waals surface area contributed by atoms with Crippen LogP contribution in [-0.4, -0.2) is 34.8 Å². The van der Waals surface area contributed by atoms with Crippen molar-refractivity contribution in [1.29, 1.82) is 0 Å². The molecular weight excluding hydrogens is 286 g/mol. The summed E-state index contributed by atoms with van der Waals surface area (Å²) in [6.07, 6.45) is 3.46. The molecule has 0 radical (unpaired) electrons. The van der Waals surface area contributed by atoms with Gasteiger partial charge in [0.05, 0.1) is 6.54 Å². The number of nitrogens with two attached hydrogens (primary N) is 1. The number of amides is 2. The van der Waals surface area contributed by atoms with Gasteiger partial charge >= 0.3 is 0 Å². The molecule has 6 heteroatoms. The summed E-state index contributed by atoms with van der Waals surface area (Å²) in [7, 11) is 0. The van der Waals surface area contributed by atoms with Gasteiger partial charge < -0.3 is 16.0 Å². The molecule has 3 N–H and O–H groups in total. The lowest BCUT2D eigenvalue weighted by Gasteiger charge is -2.19. The molecule has 5 nitrogen and oxygen atoms in total. The molecule has 1 heterocycles. The minimum Gasteiger partial charge on any atom is -0.389 e. The first kappa shape index (κ1) is 15.4. The number of benzene rings is 1. The van der Waals surface area contributed by atoms with Crippen LogP contribution in [0.2, 0.25) is 0 Å². The fourth-order valence-electron chi connectivity index (χ4n) is 2.30. The largest absolute Gasteiger partial charge is 0.389 e. The van der Waals surface area contributed by atoms with E-state index in [0.29, 0.717) is 23.6 Å². The molecule has 2 rings (SSSR count). The van der Waals surface area contributed by atoms with Crippen molar-refractivity contribution in [2.24, 2.45) is 5.73 Å². The molecule has 112 valence electrons. The predicted molar refractivity (Wildman–Crippen MR) is 86.0 cm³/mol. The van der Waals surface area contributed by atoms with Crippen molar-refractivity contribution in [2.75, 3.05) is 18.4 Å². The van der Waals surface area contributed by atoms with Gasteiger partial charge in [-0.15, -0.1) is 0 Å². The van der Waals surface area contributed by atoms with E-state index in [2.05, 4.69) is 5.32 Å². The van der Waals surface area contributed by atoms with E-state index >= 15 is 0 Å². The molecule has 0 saturated carbocycles. The van der Waals surface area contributed by atoms with Crippen LogP contribution in [0, 0.1) is 0 Å². The molecule has 1 aromatic carbocycles. The smallest absolute Gasteiger partial charge is 0.243 e. The van der Waals surface area contributed by atoms with Crippen LogP contribution in [0.5, 0.6) is 0 Å². The van der Waals surface area contributed by atoms with Gasteiger partial charge in [0.1, 0.15) is 4.99 Å². The Labute approximate surface area is 129 Å². The second-order valence-electron chi connectivity index (χ2n) is 5.12. The molecule has 0 unspecified atom stereocenters. The molecule has 0 atom stereocenters. The SMILES string of the molecule is NC(=S)c1ccc(NC(=O)CN2CCCCCC2=O)cc1. The molecule has 1 fully saturated rings. The Morgan fingerprint density at radius 2 is 1.95 bits per heavy atom. The maximum Gasteiger partial charge on any atom is 0.243 e. The number of rotatable bonds is 4. The van der Waals surface area contributed by atoms with Crippen molar-refractivity contribution in [3.8, 4) is 0 Å². The van der Waals surface area contributed by atoms with E-state index in [9.17, 15) is 9.59 Å². The van der Waals surface area contributed by atoms with Crippen molar-refractivity contribution in [2.45, 2.75) is 25.7 Å². The lowest BCUT2D eigenvalue weighted by molar-refractivity contribution is -0.134. The average molecular weight is 305 g/mol. The van der Waals surface area contributed by atoms with Gasteiger partial charge in [0.25, 0.3) is 0 Å². The van der Waals surface area contributed by atoms with Crippen molar-refractivity contribution >= 4 is 34.7 Å². The molecule has 21 heavy (non-hydrogen) atoms. The van der Waals surface area contributed by atoms with Gasteiger partial charge in [0.2, 0.25) is 11.8 Å². The van der Waals surface area contributed by atoms with Gasteiger partial charge in [-0.3, -0.25) is 9.59 Å². The highest BCUT2D eigenvalue weighted by Gasteiger charge is 2.19. The first-order valence-corrected chi connectivity index (χ1v) is 7.44. The second-order valence-corrected chi connectivity index (χ2v) is 5.56. The maximum atomic E-state index is 12.0. The first-order valence-electron chi connectivity index (χ1n) is 7.04. The third kappa shape index (κ3) is 4.53. The molecule has 0 aromatic heterocycles. The van der Waals surface area contributed by atoms with E-state index in [1.807, 2.05) is 0 Å². The van der Waals surface area contributed by atoms with Crippen molar-refractivity contribution < 1.29 is 9.59 Å². The third-order valence-electron chi connectivity index (χ3n) is 3.46. The minimum absolute atomic E-state index is 0.0616. The highest BCUT2D eigenvalue weighted by atomic mass is 32.1. The fourth-order valence-corrected chi connectivity index (χ4v) is 2.43. The lowest BCUT2D eigenvalue weighted by atomic mass is 10.2. The number of anilines is 1. The highest BCUT2D eigenvalue weighted by molar-refractivity contribution is 7.80. The Bertz CT molecular complexity index is 542. The van der Waals surface area contributed by atoms with Crippen LogP contribution in [0.4, 0.5) is 5.69 Å². The summed E-state index contributed by atoms with van der Waals surface area (Å²) in [6.45, 7) is 0.766. The van der Waals surface area contributed by atoms with Crippen molar-refractivity contribution in [3.63, 3.8) is 0 Å². The molecular formula is C15H19N3O2S. The van der Waals surface area contributed by atoms with Crippen LogP contribution in [0.15, 0.2) is 24.3 Å². The number of nitrogens with one attached hydrogen (secondary N) is 1. The summed E-state index contributed by atoms with van der Waals surface area (Å²) in [5.74, 6) is -0.125. The van der Waals surface area contributed by atoms with Gasteiger partial charge in [-0.25, -0.2) is 0 Å². The molecule has 1 aliphatic rings. The fraction of sp³-hybridized carbons (Fsp3) is 0.400. The second kappa shape index (κ2) is 7.17. The van der Waals surface area contributed by atoms with E-state index in [4.69, 9.17) is 18.0 Å². The van der Waals surface area contributed by atoms with Gasteiger partial charge in [0, 0.05) is 24.2 Å². The minimum atomic E-state index is -0.187. The molecule has 1 saturated heterocycles. The van der Waals surface area contributed by atoms with Gasteiger partial charge in [-0.05, 0) is 37.1 Å². The summed E-state index contributed by atoms with van der Waals surface area (Å²) in [6, 6.07) is 7.01. The summed E-state index contributed by atoms with van der Waals surface area (Å²) >= 11 is 4.87. The summed E-state index contributed by atoms with van der Waals surface area (Å²) in [5, 5.41) is 2.78. The number of likely N-dealkylation sites (tertiary alicyclic amines) is 1. The van der Waals surface area contributed by atoms with Crippen LogP contribution in [-0.2, 0) is 9.59 Å². The number of carbonyl (C=O) groups excluding carboxylic acids is 2. The van der Waals surface area contributed by atoms with Crippen LogP contribution < -0.4 is 11.1 Å². The predicted octanol–water partition coefficient (Wildman–Crippen LogP) is 1.66. The van der Waals surface area contributed by atoms with Gasteiger partial charge in [-0.1, -0.05) is 18.6 Å². The van der Waals surface area contributed by atoms with E-state index in [-0.39, 0.29) is 18.4 Å². The molecule has 0 bridgehead atoms. The first-order chi connectivity index (χ1) is 10.1. The maximum absolute atomic E-state index is 12.0. The van der Waals surface area contributed by atoms with E-state index in [1.54, 1.807) is 29.2 Å². The summed E-state index contributed by atoms with van der Waals surface area (Å²) in [5.41, 5.74) is 6.94. The zero-order valence-corrected chi connectivity index (χ0v) is 12.6. The monoisotopic (exact) mass is 305 g/mol. The number of hydrogen-bond acceptors (Lipinski definition) is 3.